The number of nitrogens with one attached hydrogen (secondary N) is 1. The normalized spacial score (nSPS) is 19.7. The predicted octanol–water partition coefficient (Wildman–Crippen LogP) is 1.49. The van der Waals surface area contributed by atoms with E-state index in [2.05, 4.69) is 9.97 Å². The van der Waals surface area contributed by atoms with Crippen LogP contribution < -0.4 is 4.74 Å². The third-order valence-electron chi connectivity index (χ3n) is 3.74. The number of nitrogens with zero attached hydrogens (tertiary/aromatic N) is 2. The number of hydrogen-bond donors (Lipinski definition) is 1. The molecule has 7 nitrogen and oxygen atoms in total. The molecule has 8 heteroatoms. The number of rotatable bonds is 4. The van der Waals surface area contributed by atoms with Crippen LogP contribution in [-0.2, 0) is 14.8 Å². The summed E-state index contributed by atoms with van der Waals surface area (Å²) < 4.78 is 37.8. The van der Waals surface area contributed by atoms with Gasteiger partial charge >= 0.3 is 0 Å². The Hall–Kier alpha value is -1.90. The van der Waals surface area contributed by atoms with Crippen LogP contribution in [-0.4, -0.2) is 49.5 Å². The molecule has 0 radical (unpaired) electrons. The maximum Gasteiger partial charge on any atom is 0.243 e. The van der Waals surface area contributed by atoms with Crippen LogP contribution in [0.5, 0.6) is 5.75 Å². The average Bonchev–Trinajstić information content (AvgIpc) is 3.01. The number of aryl methyl sites for hydroxylation is 1. The SMILES string of the molecule is COc1cccc(S(=O)(=O)N2CCOC(c3ncc(C)[nH]3)C2)c1. The lowest BCUT2D eigenvalue weighted by atomic mass is 10.3. The van der Waals surface area contributed by atoms with E-state index in [0.717, 1.165) is 5.69 Å². The summed E-state index contributed by atoms with van der Waals surface area (Å²) in [5.41, 5.74) is 0.913. The molecule has 1 aromatic heterocycles. The van der Waals surface area contributed by atoms with Gasteiger partial charge in [-0.25, -0.2) is 13.4 Å². The van der Waals surface area contributed by atoms with E-state index >= 15 is 0 Å². The van der Waals surface area contributed by atoms with Gasteiger partial charge in [-0.15, -0.1) is 0 Å². The van der Waals surface area contributed by atoms with Crippen LogP contribution in [0, 0.1) is 6.92 Å². The molecule has 0 bridgehead atoms. The van der Waals surface area contributed by atoms with Crippen molar-refractivity contribution in [2.45, 2.75) is 17.9 Å². The molecular formula is C15H19N3O4S. The van der Waals surface area contributed by atoms with E-state index in [1.807, 2.05) is 6.92 Å². The molecule has 1 aliphatic heterocycles. The van der Waals surface area contributed by atoms with Crippen LogP contribution in [0.4, 0.5) is 0 Å². The summed E-state index contributed by atoms with van der Waals surface area (Å²) in [4.78, 5) is 7.55. The van der Waals surface area contributed by atoms with Gasteiger partial charge in [-0.05, 0) is 19.1 Å². The summed E-state index contributed by atoms with van der Waals surface area (Å²) >= 11 is 0. The second-order valence-corrected chi connectivity index (χ2v) is 7.29. The number of hydrogen-bond acceptors (Lipinski definition) is 5. The molecule has 1 fully saturated rings. The van der Waals surface area contributed by atoms with Gasteiger partial charge in [0.05, 0.1) is 18.6 Å². The minimum absolute atomic E-state index is 0.216. The Labute approximate surface area is 135 Å². The average molecular weight is 337 g/mol. The fourth-order valence-corrected chi connectivity index (χ4v) is 3.98. The molecule has 2 heterocycles. The summed E-state index contributed by atoms with van der Waals surface area (Å²) in [6, 6.07) is 6.47. The van der Waals surface area contributed by atoms with E-state index in [-0.39, 0.29) is 11.4 Å². The summed E-state index contributed by atoms with van der Waals surface area (Å²) in [5, 5.41) is 0. The maximum atomic E-state index is 12.8. The number of aromatic nitrogens is 2. The fraction of sp³-hybridized carbons (Fsp3) is 0.400. The quantitative estimate of drug-likeness (QED) is 0.914. The van der Waals surface area contributed by atoms with Gasteiger partial charge in [-0.2, -0.15) is 4.31 Å². The number of aromatic amines is 1. The van der Waals surface area contributed by atoms with Crippen molar-refractivity contribution in [3.05, 3.63) is 42.0 Å². The highest BCUT2D eigenvalue weighted by Gasteiger charge is 2.32. The molecule has 1 N–H and O–H groups in total. The van der Waals surface area contributed by atoms with E-state index in [4.69, 9.17) is 9.47 Å². The molecule has 0 amide bonds. The first-order valence-electron chi connectivity index (χ1n) is 7.28. The summed E-state index contributed by atoms with van der Waals surface area (Å²) in [6.45, 7) is 2.76. The number of benzene rings is 1. The number of methoxy groups -OCH3 is 1. The Morgan fingerprint density at radius 1 is 1.43 bits per heavy atom. The second-order valence-electron chi connectivity index (χ2n) is 5.35. The smallest absolute Gasteiger partial charge is 0.243 e. The van der Waals surface area contributed by atoms with E-state index in [1.165, 1.54) is 17.5 Å². The Bertz CT molecular complexity index is 788. The van der Waals surface area contributed by atoms with Gasteiger partial charge < -0.3 is 14.5 Å². The van der Waals surface area contributed by atoms with Crippen molar-refractivity contribution >= 4 is 10.0 Å². The van der Waals surface area contributed by atoms with Crippen LogP contribution in [0.3, 0.4) is 0 Å². The number of ether oxygens (including phenoxy) is 2. The van der Waals surface area contributed by atoms with Crippen molar-refractivity contribution in [2.75, 3.05) is 26.8 Å². The lowest BCUT2D eigenvalue weighted by Crippen LogP contribution is -2.42. The standard InChI is InChI=1S/C15H19N3O4S/c1-11-9-16-15(17-11)14-10-18(6-7-22-14)23(19,20)13-5-3-4-12(8-13)21-2/h3-5,8-9,14H,6-7,10H2,1-2H3,(H,16,17). The van der Waals surface area contributed by atoms with Crippen LogP contribution in [0.1, 0.15) is 17.6 Å². The Kier molecular flexibility index (Phi) is 4.38. The third kappa shape index (κ3) is 3.24. The molecule has 2 aromatic rings. The minimum atomic E-state index is -3.60. The molecule has 1 unspecified atom stereocenters. The van der Waals surface area contributed by atoms with Crippen molar-refractivity contribution in [3.63, 3.8) is 0 Å². The highest BCUT2D eigenvalue weighted by molar-refractivity contribution is 7.89. The molecule has 1 aliphatic rings. The molecule has 23 heavy (non-hydrogen) atoms. The first-order chi connectivity index (χ1) is 11.0. The van der Waals surface area contributed by atoms with Gasteiger partial charge in [0.25, 0.3) is 0 Å². The van der Waals surface area contributed by atoms with E-state index < -0.39 is 16.1 Å². The number of imidazole rings is 1. The first kappa shape index (κ1) is 16.0. The lowest BCUT2D eigenvalue weighted by molar-refractivity contribution is -0.00711. The van der Waals surface area contributed by atoms with E-state index in [0.29, 0.717) is 24.7 Å². The van der Waals surface area contributed by atoms with Crippen LogP contribution >= 0.6 is 0 Å². The monoisotopic (exact) mass is 337 g/mol. The molecule has 1 saturated heterocycles. The third-order valence-corrected chi connectivity index (χ3v) is 5.60. The second kappa shape index (κ2) is 6.31. The van der Waals surface area contributed by atoms with Crippen molar-refractivity contribution in [2.24, 2.45) is 0 Å². The molecular weight excluding hydrogens is 318 g/mol. The first-order valence-corrected chi connectivity index (χ1v) is 8.72. The van der Waals surface area contributed by atoms with E-state index in [1.54, 1.807) is 24.4 Å². The number of H-pyrrole nitrogens is 1. The summed E-state index contributed by atoms with van der Waals surface area (Å²) in [5.74, 6) is 1.16. The highest BCUT2D eigenvalue weighted by atomic mass is 32.2. The van der Waals surface area contributed by atoms with Crippen LogP contribution in [0.2, 0.25) is 0 Å². The maximum absolute atomic E-state index is 12.8. The minimum Gasteiger partial charge on any atom is -0.497 e. The van der Waals surface area contributed by atoms with Gasteiger partial charge in [-0.3, -0.25) is 0 Å². The van der Waals surface area contributed by atoms with Crippen molar-refractivity contribution in [1.29, 1.82) is 0 Å². The van der Waals surface area contributed by atoms with Crippen LogP contribution in [0.25, 0.3) is 0 Å². The van der Waals surface area contributed by atoms with Crippen molar-refractivity contribution in [1.82, 2.24) is 14.3 Å². The molecule has 0 saturated carbocycles. The summed E-state index contributed by atoms with van der Waals surface area (Å²) in [7, 11) is -2.09. The summed E-state index contributed by atoms with van der Waals surface area (Å²) in [6.07, 6.45) is 1.31. The number of sulfonamides is 1. The van der Waals surface area contributed by atoms with Crippen molar-refractivity contribution < 1.29 is 17.9 Å². The van der Waals surface area contributed by atoms with Gasteiger partial charge in [0.1, 0.15) is 17.7 Å². The van der Waals surface area contributed by atoms with Gasteiger partial charge in [0.2, 0.25) is 10.0 Å². The molecule has 0 spiro atoms. The van der Waals surface area contributed by atoms with Crippen LogP contribution in [0.15, 0.2) is 35.4 Å². The molecule has 124 valence electrons. The zero-order valence-electron chi connectivity index (χ0n) is 13.0. The highest BCUT2D eigenvalue weighted by Crippen LogP contribution is 2.26. The predicted molar refractivity (Wildman–Crippen MR) is 83.8 cm³/mol. The zero-order valence-corrected chi connectivity index (χ0v) is 13.8. The molecule has 1 atom stereocenters. The molecule has 3 rings (SSSR count). The lowest BCUT2D eigenvalue weighted by Gasteiger charge is -2.31. The fourth-order valence-electron chi connectivity index (χ4n) is 2.52. The molecule has 0 aliphatic carbocycles. The Morgan fingerprint density at radius 3 is 2.96 bits per heavy atom. The number of morpholine rings is 1. The Morgan fingerprint density at radius 2 is 2.26 bits per heavy atom. The topological polar surface area (TPSA) is 84.5 Å². The Balaban J connectivity index is 1.84. The molecule has 1 aromatic carbocycles. The van der Waals surface area contributed by atoms with E-state index in [9.17, 15) is 8.42 Å². The van der Waals surface area contributed by atoms with Crippen molar-refractivity contribution in [3.8, 4) is 5.75 Å². The van der Waals surface area contributed by atoms with Gasteiger partial charge in [-0.1, -0.05) is 6.07 Å². The van der Waals surface area contributed by atoms with Gasteiger partial charge in [0, 0.05) is 31.0 Å². The largest absolute Gasteiger partial charge is 0.497 e. The van der Waals surface area contributed by atoms with Gasteiger partial charge in [0.15, 0.2) is 0 Å². The zero-order chi connectivity index (χ0) is 16.4.